The Balaban J connectivity index is 0.000000231. The van der Waals surface area contributed by atoms with E-state index in [-0.39, 0.29) is 34.5 Å². The third kappa shape index (κ3) is 11.4. The van der Waals surface area contributed by atoms with Crippen molar-refractivity contribution in [2.45, 2.75) is 117 Å². The van der Waals surface area contributed by atoms with E-state index in [0.29, 0.717) is 17.3 Å². The van der Waals surface area contributed by atoms with E-state index in [9.17, 15) is 24.0 Å². The molecule has 3 unspecified atom stereocenters. The molecule has 2 aromatic heterocycles. The van der Waals surface area contributed by atoms with Crippen molar-refractivity contribution in [2.75, 3.05) is 11.5 Å². The Hall–Kier alpha value is -5.12. The van der Waals surface area contributed by atoms with Crippen molar-refractivity contribution in [3.05, 3.63) is 162 Å². The molecular formula is C52H60O7S2. The zero-order valence-corrected chi connectivity index (χ0v) is 38.9. The van der Waals surface area contributed by atoms with Gasteiger partial charge in [0.15, 0.2) is 0 Å². The number of hydrogen-bond donors (Lipinski definition) is 2. The fourth-order valence-electron chi connectivity index (χ4n) is 7.62. The molecule has 322 valence electrons. The van der Waals surface area contributed by atoms with Crippen LogP contribution in [-0.4, -0.2) is 25.9 Å². The van der Waals surface area contributed by atoms with Crippen molar-refractivity contribution in [2.24, 2.45) is 0 Å². The molecule has 0 bridgehead atoms. The lowest BCUT2D eigenvalue weighted by molar-refractivity contribution is 0.415. The van der Waals surface area contributed by atoms with Gasteiger partial charge in [-0.25, -0.2) is 9.59 Å². The highest BCUT2D eigenvalue weighted by molar-refractivity contribution is 7.99. The van der Waals surface area contributed by atoms with Crippen LogP contribution in [0.15, 0.2) is 113 Å². The molecule has 6 rings (SSSR count). The molecule has 0 amide bonds. The average molecular weight is 861 g/mol. The first-order valence-electron chi connectivity index (χ1n) is 21.2. The standard InChI is InChI=1S/C26H30O4S.C26H30O3S/c1-6-19-12-17(4)13-20(7-2)24(19)25-22(27)14-23(30-26(25)28)18(5)15-31(29)21-10-8-16(3)9-11-21;1-6-19-12-17(4)13-20(7-2)24(19)25-22(27)14-23(29-26(25)28)18(5)15-30-21-10-8-16(3)9-11-21/h8-14,18,27H,6-7,15H2,1-5H3;8-14,18,27H,6-7,15H2,1-5H3. The Morgan fingerprint density at radius 1 is 0.541 bits per heavy atom. The van der Waals surface area contributed by atoms with Crippen LogP contribution in [0.3, 0.4) is 0 Å². The van der Waals surface area contributed by atoms with Crippen LogP contribution >= 0.6 is 11.8 Å². The third-order valence-electron chi connectivity index (χ3n) is 11.0. The summed E-state index contributed by atoms with van der Waals surface area (Å²) in [4.78, 5) is 27.9. The molecule has 2 N–H and O–H groups in total. The molecule has 4 aromatic carbocycles. The first kappa shape index (κ1) is 46.9. The molecule has 9 heteroatoms. The summed E-state index contributed by atoms with van der Waals surface area (Å²) in [5.41, 5.74) is 9.84. The SMILES string of the molecule is CCc1cc(C)cc(CC)c1-c1c(O)cc(C(C)CS(=O)c2ccc(C)cc2)oc1=O.CCc1cc(C)cc(CC)c1-c1c(O)cc(C(C)CSc2ccc(C)cc2)oc1=O. The van der Waals surface area contributed by atoms with Gasteiger partial charge in [-0.15, -0.1) is 11.8 Å². The van der Waals surface area contributed by atoms with E-state index in [4.69, 9.17) is 8.83 Å². The summed E-state index contributed by atoms with van der Waals surface area (Å²) in [6, 6.07) is 27.3. The van der Waals surface area contributed by atoms with Crippen molar-refractivity contribution in [1.82, 2.24) is 0 Å². The summed E-state index contributed by atoms with van der Waals surface area (Å²) in [7, 11) is -1.23. The normalized spacial score (nSPS) is 12.7. The predicted molar refractivity (Wildman–Crippen MR) is 252 cm³/mol. The number of rotatable bonds is 14. The van der Waals surface area contributed by atoms with Crippen LogP contribution in [0.5, 0.6) is 11.5 Å². The Morgan fingerprint density at radius 3 is 1.30 bits per heavy atom. The minimum absolute atomic E-state index is 0.00156. The molecule has 0 spiro atoms. The number of hydrogen-bond acceptors (Lipinski definition) is 8. The lowest BCUT2D eigenvalue weighted by Gasteiger charge is -2.17. The molecule has 0 aliphatic heterocycles. The second-order valence-electron chi connectivity index (χ2n) is 16.0. The Morgan fingerprint density at radius 2 is 0.918 bits per heavy atom. The summed E-state index contributed by atoms with van der Waals surface area (Å²) >= 11 is 1.71. The second-order valence-corrected chi connectivity index (χ2v) is 18.6. The monoisotopic (exact) mass is 860 g/mol. The molecule has 0 aliphatic rings. The van der Waals surface area contributed by atoms with Gasteiger partial charge >= 0.3 is 11.3 Å². The van der Waals surface area contributed by atoms with Crippen LogP contribution in [0.2, 0.25) is 0 Å². The number of thioether (sulfide) groups is 1. The van der Waals surface area contributed by atoms with Gasteiger partial charge in [-0.05, 0) is 111 Å². The summed E-state index contributed by atoms with van der Waals surface area (Å²) in [5, 5.41) is 21.7. The Kier molecular flexibility index (Phi) is 16.2. The van der Waals surface area contributed by atoms with E-state index in [1.165, 1.54) is 16.5 Å². The van der Waals surface area contributed by atoms with E-state index in [0.717, 1.165) is 86.4 Å². The fourth-order valence-corrected chi connectivity index (χ4v) is 9.80. The van der Waals surface area contributed by atoms with Crippen molar-refractivity contribution in [3.8, 4) is 33.8 Å². The van der Waals surface area contributed by atoms with Crippen LogP contribution in [0.1, 0.15) is 109 Å². The zero-order chi connectivity index (χ0) is 44.5. The highest BCUT2D eigenvalue weighted by Crippen LogP contribution is 2.37. The molecule has 0 radical (unpaired) electrons. The Bertz CT molecular complexity index is 2550. The largest absolute Gasteiger partial charge is 0.507 e. The maximum absolute atomic E-state index is 13.0. The van der Waals surface area contributed by atoms with Gasteiger partial charge in [0.05, 0.1) is 10.8 Å². The second kappa shape index (κ2) is 21.1. The zero-order valence-electron chi connectivity index (χ0n) is 37.2. The van der Waals surface area contributed by atoms with Crippen LogP contribution in [0.25, 0.3) is 22.3 Å². The van der Waals surface area contributed by atoms with Crippen molar-refractivity contribution in [3.63, 3.8) is 0 Å². The smallest absolute Gasteiger partial charge is 0.347 e. The van der Waals surface area contributed by atoms with Crippen LogP contribution in [-0.2, 0) is 36.5 Å². The first-order chi connectivity index (χ1) is 29.1. The third-order valence-corrected chi connectivity index (χ3v) is 13.9. The lowest BCUT2D eigenvalue weighted by atomic mass is 9.90. The molecule has 0 saturated carbocycles. The molecule has 6 aromatic rings. The van der Waals surface area contributed by atoms with Crippen LogP contribution in [0, 0.1) is 27.7 Å². The van der Waals surface area contributed by atoms with Crippen LogP contribution < -0.4 is 11.3 Å². The maximum Gasteiger partial charge on any atom is 0.347 e. The van der Waals surface area contributed by atoms with Crippen molar-refractivity contribution >= 4 is 22.6 Å². The van der Waals surface area contributed by atoms with Gasteiger partial charge in [0.2, 0.25) is 0 Å². The predicted octanol–water partition coefficient (Wildman–Crippen LogP) is 12.3. The van der Waals surface area contributed by atoms with Gasteiger partial charge in [-0.1, -0.05) is 112 Å². The van der Waals surface area contributed by atoms with E-state index in [1.807, 2.05) is 65.8 Å². The van der Waals surface area contributed by atoms with Gasteiger partial charge in [-0.3, -0.25) is 4.21 Å². The van der Waals surface area contributed by atoms with Gasteiger partial charge in [-0.2, -0.15) is 0 Å². The van der Waals surface area contributed by atoms with Crippen molar-refractivity contribution < 1.29 is 23.3 Å². The average Bonchev–Trinajstić information content (AvgIpc) is 3.23. The first-order valence-corrected chi connectivity index (χ1v) is 23.5. The summed E-state index contributed by atoms with van der Waals surface area (Å²) < 4.78 is 24.1. The van der Waals surface area contributed by atoms with E-state index in [2.05, 4.69) is 76.2 Å². The van der Waals surface area contributed by atoms with Crippen LogP contribution in [0.4, 0.5) is 0 Å². The lowest BCUT2D eigenvalue weighted by Crippen LogP contribution is -2.13. The number of benzene rings is 4. The highest BCUT2D eigenvalue weighted by Gasteiger charge is 2.24. The molecule has 3 atom stereocenters. The summed E-state index contributed by atoms with van der Waals surface area (Å²) in [5.74, 6) is 1.54. The molecular weight excluding hydrogens is 801 g/mol. The summed E-state index contributed by atoms with van der Waals surface area (Å²) in [6.45, 7) is 20.2. The van der Waals surface area contributed by atoms with E-state index < -0.39 is 22.1 Å². The molecule has 0 saturated heterocycles. The minimum atomic E-state index is -1.23. The maximum atomic E-state index is 13.0. The van der Waals surface area contributed by atoms with Gasteiger partial charge in [0, 0.05) is 45.3 Å². The minimum Gasteiger partial charge on any atom is -0.507 e. The van der Waals surface area contributed by atoms with Crippen molar-refractivity contribution in [1.29, 1.82) is 0 Å². The number of aryl methyl sites for hydroxylation is 8. The quantitative estimate of drug-likeness (QED) is 0.104. The summed E-state index contributed by atoms with van der Waals surface area (Å²) in [6.07, 6.45) is 3.07. The fraction of sp³-hybridized carbons (Fsp3) is 0.346. The topological polar surface area (TPSA) is 118 Å². The molecule has 2 heterocycles. The molecule has 61 heavy (non-hydrogen) atoms. The molecule has 0 fully saturated rings. The van der Waals surface area contributed by atoms with E-state index >= 15 is 0 Å². The van der Waals surface area contributed by atoms with Gasteiger partial charge < -0.3 is 19.0 Å². The van der Waals surface area contributed by atoms with Gasteiger partial charge in [0.1, 0.15) is 34.1 Å². The number of aromatic hydroxyl groups is 2. The van der Waals surface area contributed by atoms with Gasteiger partial charge in [0.25, 0.3) is 0 Å². The highest BCUT2D eigenvalue weighted by atomic mass is 32.2. The molecule has 0 aliphatic carbocycles. The molecule has 7 nitrogen and oxygen atoms in total. The van der Waals surface area contributed by atoms with E-state index in [1.54, 1.807) is 17.8 Å². The Labute approximate surface area is 367 Å².